The molecule has 1 aromatic carbocycles. The Bertz CT molecular complexity index is 431. The van der Waals surface area contributed by atoms with Gasteiger partial charge >= 0.3 is 5.97 Å². The number of nitrogens with zero attached hydrogens (tertiary/aromatic N) is 1. The minimum Gasteiger partial charge on any atom is -0.469 e. The van der Waals surface area contributed by atoms with E-state index in [0.717, 1.165) is 12.8 Å². The third kappa shape index (κ3) is 3.75. The SMILES string of the molecule is COC(=O)C[C@H]1CC[C@@H](c2ccc(N(C)C)cc2)CC1. The Morgan fingerprint density at radius 3 is 2.25 bits per heavy atom. The minimum atomic E-state index is -0.0659. The molecule has 0 spiro atoms. The molecule has 1 fully saturated rings. The molecule has 20 heavy (non-hydrogen) atoms. The molecule has 0 saturated heterocycles. The van der Waals surface area contributed by atoms with E-state index in [1.807, 2.05) is 0 Å². The molecule has 3 heteroatoms. The van der Waals surface area contributed by atoms with Crippen molar-refractivity contribution < 1.29 is 9.53 Å². The van der Waals surface area contributed by atoms with E-state index in [-0.39, 0.29) is 5.97 Å². The summed E-state index contributed by atoms with van der Waals surface area (Å²) >= 11 is 0. The minimum absolute atomic E-state index is 0.0659. The van der Waals surface area contributed by atoms with Crippen molar-refractivity contribution in [1.29, 1.82) is 0 Å². The van der Waals surface area contributed by atoms with Crippen LogP contribution in [0.1, 0.15) is 43.6 Å². The second-order valence-corrected chi connectivity index (χ2v) is 5.98. The molecule has 2 rings (SSSR count). The van der Waals surface area contributed by atoms with Gasteiger partial charge < -0.3 is 9.64 Å². The maximum absolute atomic E-state index is 11.3. The molecule has 0 N–H and O–H groups in total. The van der Waals surface area contributed by atoms with Crippen LogP contribution in [0.2, 0.25) is 0 Å². The zero-order valence-corrected chi connectivity index (χ0v) is 12.8. The molecule has 1 saturated carbocycles. The number of hydrogen-bond acceptors (Lipinski definition) is 3. The summed E-state index contributed by atoms with van der Waals surface area (Å²) in [6.07, 6.45) is 5.22. The van der Waals surface area contributed by atoms with Gasteiger partial charge in [0.15, 0.2) is 0 Å². The molecule has 0 atom stereocenters. The van der Waals surface area contributed by atoms with E-state index >= 15 is 0 Å². The van der Waals surface area contributed by atoms with Gasteiger partial charge in [-0.15, -0.1) is 0 Å². The van der Waals surface area contributed by atoms with Gasteiger partial charge in [-0.3, -0.25) is 4.79 Å². The monoisotopic (exact) mass is 275 g/mol. The third-order valence-corrected chi connectivity index (χ3v) is 4.41. The Hall–Kier alpha value is -1.51. The van der Waals surface area contributed by atoms with Crippen LogP contribution in [0, 0.1) is 5.92 Å². The van der Waals surface area contributed by atoms with Crippen LogP contribution in [0.15, 0.2) is 24.3 Å². The first-order valence-electron chi connectivity index (χ1n) is 7.44. The third-order valence-electron chi connectivity index (χ3n) is 4.41. The van der Waals surface area contributed by atoms with Crippen molar-refractivity contribution in [3.8, 4) is 0 Å². The van der Waals surface area contributed by atoms with Crippen molar-refractivity contribution in [3.63, 3.8) is 0 Å². The van der Waals surface area contributed by atoms with Gasteiger partial charge in [-0.25, -0.2) is 0 Å². The number of carbonyl (C=O) groups is 1. The van der Waals surface area contributed by atoms with Gasteiger partial charge in [-0.2, -0.15) is 0 Å². The summed E-state index contributed by atoms with van der Waals surface area (Å²) in [5.74, 6) is 1.10. The van der Waals surface area contributed by atoms with Crippen molar-refractivity contribution in [3.05, 3.63) is 29.8 Å². The van der Waals surface area contributed by atoms with Crippen LogP contribution in [0.25, 0.3) is 0 Å². The zero-order valence-electron chi connectivity index (χ0n) is 12.8. The Labute approximate surface area is 121 Å². The molecule has 0 amide bonds. The molecule has 0 heterocycles. The summed E-state index contributed by atoms with van der Waals surface area (Å²) in [6, 6.07) is 8.88. The molecule has 0 bridgehead atoms. The van der Waals surface area contributed by atoms with Gasteiger partial charge in [0.1, 0.15) is 0 Å². The highest BCUT2D eigenvalue weighted by Crippen LogP contribution is 2.37. The number of ether oxygens (including phenoxy) is 1. The Morgan fingerprint density at radius 1 is 1.15 bits per heavy atom. The fourth-order valence-corrected chi connectivity index (χ4v) is 3.06. The van der Waals surface area contributed by atoms with Crippen molar-refractivity contribution in [2.75, 3.05) is 26.1 Å². The van der Waals surface area contributed by atoms with E-state index in [9.17, 15) is 4.79 Å². The number of methoxy groups -OCH3 is 1. The number of hydrogen-bond donors (Lipinski definition) is 0. The summed E-state index contributed by atoms with van der Waals surface area (Å²) in [5.41, 5.74) is 2.68. The van der Waals surface area contributed by atoms with Gasteiger partial charge in [0.2, 0.25) is 0 Å². The van der Waals surface area contributed by atoms with Gasteiger partial charge in [0.05, 0.1) is 7.11 Å². The topological polar surface area (TPSA) is 29.5 Å². The summed E-state index contributed by atoms with van der Waals surface area (Å²) in [4.78, 5) is 13.4. The number of benzene rings is 1. The van der Waals surface area contributed by atoms with Crippen LogP contribution in [0.5, 0.6) is 0 Å². The summed E-state index contributed by atoms with van der Waals surface area (Å²) in [5, 5.41) is 0. The number of anilines is 1. The lowest BCUT2D eigenvalue weighted by Gasteiger charge is -2.28. The highest BCUT2D eigenvalue weighted by atomic mass is 16.5. The van der Waals surface area contributed by atoms with Crippen LogP contribution in [0.3, 0.4) is 0 Å². The molecule has 3 nitrogen and oxygen atoms in total. The second kappa shape index (κ2) is 6.78. The second-order valence-electron chi connectivity index (χ2n) is 5.98. The molecular weight excluding hydrogens is 250 g/mol. The lowest BCUT2D eigenvalue weighted by molar-refractivity contribution is -0.142. The van der Waals surface area contributed by atoms with Gasteiger partial charge in [-0.05, 0) is 55.2 Å². The predicted molar refractivity (Wildman–Crippen MR) is 82.1 cm³/mol. The Kier molecular flexibility index (Phi) is 5.05. The lowest BCUT2D eigenvalue weighted by Crippen LogP contribution is -2.17. The van der Waals surface area contributed by atoms with E-state index < -0.39 is 0 Å². The van der Waals surface area contributed by atoms with E-state index in [2.05, 4.69) is 43.3 Å². The lowest BCUT2D eigenvalue weighted by atomic mass is 9.77. The first kappa shape index (κ1) is 14.9. The number of rotatable bonds is 4. The molecule has 0 radical (unpaired) electrons. The van der Waals surface area contributed by atoms with E-state index in [4.69, 9.17) is 4.74 Å². The largest absolute Gasteiger partial charge is 0.469 e. The fourth-order valence-electron chi connectivity index (χ4n) is 3.06. The average Bonchev–Trinajstić information content (AvgIpc) is 2.48. The van der Waals surface area contributed by atoms with Crippen LogP contribution < -0.4 is 4.90 Å². The number of esters is 1. The maximum atomic E-state index is 11.3. The molecule has 1 aliphatic rings. The van der Waals surface area contributed by atoms with Crippen molar-refractivity contribution >= 4 is 11.7 Å². The van der Waals surface area contributed by atoms with Crippen LogP contribution in [0.4, 0.5) is 5.69 Å². The quantitative estimate of drug-likeness (QED) is 0.786. The van der Waals surface area contributed by atoms with Crippen LogP contribution >= 0.6 is 0 Å². The van der Waals surface area contributed by atoms with Crippen molar-refractivity contribution in [2.45, 2.75) is 38.0 Å². The van der Waals surface area contributed by atoms with Gasteiger partial charge in [-0.1, -0.05) is 12.1 Å². The van der Waals surface area contributed by atoms with Gasteiger partial charge in [0, 0.05) is 26.2 Å². The van der Waals surface area contributed by atoms with E-state index in [0.29, 0.717) is 18.3 Å². The van der Waals surface area contributed by atoms with Gasteiger partial charge in [0.25, 0.3) is 0 Å². The summed E-state index contributed by atoms with van der Waals surface area (Å²) < 4.78 is 4.76. The summed E-state index contributed by atoms with van der Waals surface area (Å²) in [7, 11) is 5.60. The molecule has 1 aliphatic carbocycles. The predicted octanol–water partition coefficient (Wildman–Crippen LogP) is 3.59. The van der Waals surface area contributed by atoms with Crippen molar-refractivity contribution in [1.82, 2.24) is 0 Å². The first-order chi connectivity index (χ1) is 9.60. The normalized spacial score (nSPS) is 22.4. The molecule has 0 unspecified atom stereocenters. The van der Waals surface area contributed by atoms with Crippen LogP contribution in [-0.4, -0.2) is 27.2 Å². The Balaban J connectivity index is 1.88. The highest BCUT2D eigenvalue weighted by Gasteiger charge is 2.24. The first-order valence-corrected chi connectivity index (χ1v) is 7.44. The smallest absolute Gasteiger partial charge is 0.305 e. The van der Waals surface area contributed by atoms with E-state index in [1.54, 1.807) is 0 Å². The highest BCUT2D eigenvalue weighted by molar-refractivity contribution is 5.69. The Morgan fingerprint density at radius 2 is 1.75 bits per heavy atom. The molecule has 0 aromatic heterocycles. The molecular formula is C17H25NO2. The average molecular weight is 275 g/mol. The van der Waals surface area contributed by atoms with E-state index in [1.165, 1.54) is 31.2 Å². The molecule has 0 aliphatic heterocycles. The fraction of sp³-hybridized carbons (Fsp3) is 0.588. The van der Waals surface area contributed by atoms with Crippen LogP contribution in [-0.2, 0) is 9.53 Å². The molecule has 1 aromatic rings. The standard InChI is InChI=1S/C17H25NO2/c1-18(2)16-10-8-15(9-11-16)14-6-4-13(5-7-14)12-17(19)20-3/h8-11,13-14H,4-7,12H2,1-3H3/t13-,14+. The number of carbonyl (C=O) groups excluding carboxylic acids is 1. The maximum Gasteiger partial charge on any atom is 0.305 e. The summed E-state index contributed by atoms with van der Waals surface area (Å²) in [6.45, 7) is 0. The van der Waals surface area contributed by atoms with Crippen molar-refractivity contribution in [2.24, 2.45) is 5.92 Å². The molecule has 110 valence electrons. The zero-order chi connectivity index (χ0) is 14.5.